The Balaban J connectivity index is 0.000000248. The maximum absolute atomic E-state index is 11.1. The van der Waals surface area contributed by atoms with E-state index in [9.17, 15) is 9.59 Å². The number of carbonyl (C=O) groups is 2. The van der Waals surface area contributed by atoms with Crippen LogP contribution in [0.5, 0.6) is 11.5 Å². The van der Waals surface area contributed by atoms with Crippen molar-refractivity contribution in [3.63, 3.8) is 0 Å². The Morgan fingerprint density at radius 3 is 2.44 bits per heavy atom. The number of rotatable bonds is 7. The number of ether oxygens (including phenoxy) is 2. The standard InChI is InChI=1S/C17H20N2O4.C9H11NO/c1-21-15-4-3-13(9-16(15)22-2)14-10-23-17(18-14)12-5-7-19(11-20)8-6-12;1-2-10-9(11)8-6-4-3-5-7-8/h3-4,9-12H,5-8H2,1-2H3;3-7H,2H2,1H3,(H,10,11). The van der Waals surface area contributed by atoms with E-state index in [0.29, 0.717) is 23.6 Å². The second-order valence-corrected chi connectivity index (χ2v) is 7.78. The minimum absolute atomic E-state index is 0.00639. The van der Waals surface area contributed by atoms with E-state index < -0.39 is 0 Å². The number of benzene rings is 2. The van der Waals surface area contributed by atoms with Gasteiger partial charge in [0.15, 0.2) is 17.4 Å². The molecule has 0 unspecified atom stereocenters. The number of methoxy groups -OCH3 is 2. The van der Waals surface area contributed by atoms with Crippen LogP contribution >= 0.6 is 0 Å². The number of aromatic nitrogens is 1. The molecule has 0 spiro atoms. The molecule has 3 aromatic rings. The lowest BCUT2D eigenvalue weighted by molar-refractivity contribution is -0.119. The van der Waals surface area contributed by atoms with Crippen LogP contribution in [0.4, 0.5) is 0 Å². The van der Waals surface area contributed by atoms with Gasteiger partial charge in [-0.15, -0.1) is 0 Å². The normalized spacial score (nSPS) is 13.4. The van der Waals surface area contributed by atoms with Crippen LogP contribution in [0.3, 0.4) is 0 Å². The van der Waals surface area contributed by atoms with Crippen LogP contribution in [0.25, 0.3) is 11.3 Å². The van der Waals surface area contributed by atoms with Gasteiger partial charge < -0.3 is 24.1 Å². The lowest BCUT2D eigenvalue weighted by Gasteiger charge is -2.27. The third-order valence-corrected chi connectivity index (χ3v) is 5.60. The summed E-state index contributed by atoms with van der Waals surface area (Å²) in [6.07, 6.45) is 4.33. The molecule has 2 heterocycles. The Bertz CT molecular complexity index is 1060. The quantitative estimate of drug-likeness (QED) is 0.528. The van der Waals surface area contributed by atoms with Crippen molar-refractivity contribution in [3.05, 3.63) is 66.2 Å². The minimum Gasteiger partial charge on any atom is -0.493 e. The lowest BCUT2D eigenvalue weighted by atomic mass is 9.97. The van der Waals surface area contributed by atoms with Crippen molar-refractivity contribution in [2.24, 2.45) is 0 Å². The molecule has 0 radical (unpaired) electrons. The van der Waals surface area contributed by atoms with Crippen LogP contribution in [0.1, 0.15) is 41.9 Å². The highest BCUT2D eigenvalue weighted by molar-refractivity contribution is 5.94. The van der Waals surface area contributed by atoms with Gasteiger partial charge in [-0.2, -0.15) is 0 Å². The molecule has 34 heavy (non-hydrogen) atoms. The van der Waals surface area contributed by atoms with Crippen molar-refractivity contribution in [2.75, 3.05) is 33.9 Å². The van der Waals surface area contributed by atoms with Crippen molar-refractivity contribution in [3.8, 4) is 22.8 Å². The van der Waals surface area contributed by atoms with Crippen LogP contribution in [0, 0.1) is 0 Å². The summed E-state index contributed by atoms with van der Waals surface area (Å²) < 4.78 is 16.2. The Morgan fingerprint density at radius 1 is 1.12 bits per heavy atom. The molecule has 0 aliphatic carbocycles. The number of hydrogen-bond acceptors (Lipinski definition) is 6. The summed E-state index contributed by atoms with van der Waals surface area (Å²) >= 11 is 0. The van der Waals surface area contributed by atoms with E-state index in [-0.39, 0.29) is 11.8 Å². The van der Waals surface area contributed by atoms with E-state index in [1.807, 2.05) is 43.3 Å². The smallest absolute Gasteiger partial charge is 0.251 e. The molecule has 1 aliphatic rings. The zero-order chi connectivity index (χ0) is 24.3. The fourth-order valence-electron chi connectivity index (χ4n) is 3.71. The number of carbonyl (C=O) groups excluding carboxylic acids is 2. The molecule has 1 aromatic heterocycles. The van der Waals surface area contributed by atoms with E-state index in [0.717, 1.165) is 49.5 Å². The van der Waals surface area contributed by atoms with Crippen LogP contribution in [0.2, 0.25) is 0 Å². The van der Waals surface area contributed by atoms with Crippen molar-refractivity contribution in [1.82, 2.24) is 15.2 Å². The Morgan fingerprint density at radius 2 is 1.82 bits per heavy atom. The highest BCUT2D eigenvalue weighted by atomic mass is 16.5. The van der Waals surface area contributed by atoms with Crippen molar-refractivity contribution >= 4 is 12.3 Å². The largest absolute Gasteiger partial charge is 0.493 e. The zero-order valence-electron chi connectivity index (χ0n) is 19.8. The van der Waals surface area contributed by atoms with E-state index in [4.69, 9.17) is 13.9 Å². The number of amides is 2. The summed E-state index contributed by atoms with van der Waals surface area (Å²) in [7, 11) is 3.22. The highest BCUT2D eigenvalue weighted by Crippen LogP contribution is 2.34. The van der Waals surface area contributed by atoms with Gasteiger partial charge >= 0.3 is 0 Å². The molecule has 180 valence electrons. The number of nitrogens with one attached hydrogen (secondary N) is 1. The molecule has 0 saturated carbocycles. The number of oxazole rings is 1. The molecule has 1 N–H and O–H groups in total. The van der Waals surface area contributed by atoms with Gasteiger partial charge in [0.1, 0.15) is 12.0 Å². The first-order chi connectivity index (χ1) is 16.6. The average molecular weight is 466 g/mol. The van der Waals surface area contributed by atoms with Crippen LogP contribution in [-0.4, -0.2) is 56.1 Å². The summed E-state index contributed by atoms with van der Waals surface area (Å²) in [5.74, 6) is 2.34. The van der Waals surface area contributed by atoms with Gasteiger partial charge in [0.25, 0.3) is 5.91 Å². The Labute approximate surface area is 199 Å². The SMILES string of the molecule is CCNC(=O)c1ccccc1.COc1ccc(-c2coc(C3CCN(C=O)CC3)n2)cc1OC. The molecule has 4 rings (SSSR count). The molecule has 2 amide bonds. The summed E-state index contributed by atoms with van der Waals surface area (Å²) in [5, 5.41) is 2.72. The number of nitrogens with zero attached hydrogens (tertiary/aromatic N) is 2. The molecule has 1 saturated heterocycles. The van der Waals surface area contributed by atoms with Crippen LogP contribution in [0.15, 0.2) is 59.2 Å². The summed E-state index contributed by atoms with van der Waals surface area (Å²) in [5.41, 5.74) is 2.41. The van der Waals surface area contributed by atoms with Gasteiger partial charge in [-0.25, -0.2) is 4.98 Å². The second-order valence-electron chi connectivity index (χ2n) is 7.78. The van der Waals surface area contributed by atoms with E-state index in [1.165, 1.54) is 0 Å². The summed E-state index contributed by atoms with van der Waals surface area (Å²) in [4.78, 5) is 28.3. The summed E-state index contributed by atoms with van der Waals surface area (Å²) in [6.45, 7) is 4.08. The first-order valence-corrected chi connectivity index (χ1v) is 11.3. The first kappa shape index (κ1) is 24.8. The van der Waals surface area contributed by atoms with E-state index in [1.54, 1.807) is 37.5 Å². The molecule has 1 aliphatic heterocycles. The Kier molecular flexibility index (Phi) is 9.08. The third kappa shape index (κ3) is 6.37. The van der Waals surface area contributed by atoms with Crippen molar-refractivity contribution in [1.29, 1.82) is 0 Å². The maximum atomic E-state index is 11.1. The monoisotopic (exact) mass is 465 g/mol. The zero-order valence-corrected chi connectivity index (χ0v) is 19.8. The Hall–Kier alpha value is -3.81. The number of likely N-dealkylation sites (tertiary alicyclic amines) is 1. The predicted octanol–water partition coefficient (Wildman–Crippen LogP) is 4.13. The number of piperidine rings is 1. The fourth-order valence-corrected chi connectivity index (χ4v) is 3.71. The van der Waals surface area contributed by atoms with Crippen molar-refractivity contribution < 1.29 is 23.5 Å². The van der Waals surface area contributed by atoms with Gasteiger partial charge in [0.2, 0.25) is 6.41 Å². The molecule has 0 atom stereocenters. The second kappa shape index (κ2) is 12.4. The highest BCUT2D eigenvalue weighted by Gasteiger charge is 2.24. The van der Waals surface area contributed by atoms with Crippen LogP contribution < -0.4 is 14.8 Å². The molecule has 0 bridgehead atoms. The molecule has 2 aromatic carbocycles. The predicted molar refractivity (Wildman–Crippen MR) is 129 cm³/mol. The lowest BCUT2D eigenvalue weighted by Crippen LogP contribution is -2.31. The fraction of sp³-hybridized carbons (Fsp3) is 0.346. The number of hydrogen-bond donors (Lipinski definition) is 1. The van der Waals surface area contributed by atoms with E-state index >= 15 is 0 Å². The van der Waals surface area contributed by atoms with Gasteiger partial charge in [-0.1, -0.05) is 18.2 Å². The molecule has 8 heteroatoms. The average Bonchev–Trinajstić information content (AvgIpc) is 3.40. The maximum Gasteiger partial charge on any atom is 0.251 e. The molecule has 1 fully saturated rings. The first-order valence-electron chi connectivity index (χ1n) is 11.3. The summed E-state index contributed by atoms with van der Waals surface area (Å²) in [6, 6.07) is 14.9. The van der Waals surface area contributed by atoms with E-state index in [2.05, 4.69) is 10.3 Å². The van der Waals surface area contributed by atoms with Crippen LogP contribution in [-0.2, 0) is 4.79 Å². The van der Waals surface area contributed by atoms with Gasteiger partial charge in [0, 0.05) is 36.7 Å². The van der Waals surface area contributed by atoms with Crippen molar-refractivity contribution in [2.45, 2.75) is 25.7 Å². The minimum atomic E-state index is -0.00639. The molecule has 8 nitrogen and oxygen atoms in total. The topological polar surface area (TPSA) is 93.9 Å². The van der Waals surface area contributed by atoms with Gasteiger partial charge in [0.05, 0.1) is 14.2 Å². The van der Waals surface area contributed by atoms with Gasteiger partial charge in [-0.3, -0.25) is 9.59 Å². The molecular formula is C26H31N3O5. The van der Waals surface area contributed by atoms with Gasteiger partial charge in [-0.05, 0) is 50.1 Å². The third-order valence-electron chi connectivity index (χ3n) is 5.60. The molecular weight excluding hydrogens is 434 g/mol.